The number of halogens is 3. The van der Waals surface area contributed by atoms with Gasteiger partial charge in [0.1, 0.15) is 17.6 Å². The molecule has 240 valence electrons. The van der Waals surface area contributed by atoms with E-state index in [4.69, 9.17) is 0 Å². The van der Waals surface area contributed by atoms with Crippen LogP contribution in [0.5, 0.6) is 0 Å². The topological polar surface area (TPSA) is 96.3 Å². The molecule has 1 aromatic heterocycles. The Morgan fingerprint density at radius 3 is 2.14 bits per heavy atom. The standard InChI is InChI=1S/C33H44F3N5O3/c1-3-41-27(16-17-37-41)30(42)39-29(28(22-10-6-4-7-11-22)23-12-8-5-9-13-23)31(43)38-26-15-14-24(18-25(26)34)21(2)32(44)40-19-33(35,36)20-40/h14-18,21-23,28-29H,3-13,19-20H2,1-2H3,(H,38,43)(H,39,42). The van der Waals surface area contributed by atoms with E-state index in [1.807, 2.05) is 6.92 Å². The van der Waals surface area contributed by atoms with Crippen molar-refractivity contribution in [3.05, 3.63) is 47.5 Å². The molecule has 2 aromatic rings. The van der Waals surface area contributed by atoms with Gasteiger partial charge in [0, 0.05) is 12.7 Å². The molecule has 2 aliphatic carbocycles. The second-order valence-corrected chi connectivity index (χ2v) is 12.9. The van der Waals surface area contributed by atoms with Crippen LogP contribution in [-0.2, 0) is 16.1 Å². The predicted molar refractivity (Wildman–Crippen MR) is 161 cm³/mol. The van der Waals surface area contributed by atoms with Crippen LogP contribution in [0.1, 0.15) is 100 Å². The maximum atomic E-state index is 15.5. The number of amides is 3. The number of benzene rings is 1. The van der Waals surface area contributed by atoms with Crippen molar-refractivity contribution in [2.75, 3.05) is 18.4 Å². The SMILES string of the molecule is CCn1nccc1C(=O)NC(C(=O)Nc1ccc(C(C)C(=O)N2CC(F)(F)C2)cc1F)C(C1CCCCC1)C1CCCCC1. The normalized spacial score (nSPS) is 20.5. The fraction of sp³-hybridized carbons (Fsp3) is 0.636. The number of nitrogens with one attached hydrogen (secondary N) is 2. The smallest absolute Gasteiger partial charge is 0.282 e. The lowest BCUT2D eigenvalue weighted by Gasteiger charge is -2.42. The molecule has 11 heteroatoms. The molecule has 1 saturated heterocycles. The highest BCUT2D eigenvalue weighted by atomic mass is 19.3. The van der Waals surface area contributed by atoms with E-state index in [2.05, 4.69) is 15.7 Å². The predicted octanol–water partition coefficient (Wildman–Crippen LogP) is 6.14. The Kier molecular flexibility index (Phi) is 10.00. The van der Waals surface area contributed by atoms with Gasteiger partial charge in [-0.15, -0.1) is 0 Å². The molecule has 2 N–H and O–H groups in total. The van der Waals surface area contributed by atoms with Crippen molar-refractivity contribution in [2.45, 2.75) is 102 Å². The third kappa shape index (κ3) is 7.12. The number of likely N-dealkylation sites (tertiary alicyclic amines) is 1. The van der Waals surface area contributed by atoms with Crippen LogP contribution in [0, 0.1) is 23.6 Å². The molecule has 2 unspecified atom stereocenters. The number of aryl methyl sites for hydroxylation is 1. The zero-order valence-electron chi connectivity index (χ0n) is 25.7. The summed E-state index contributed by atoms with van der Waals surface area (Å²) >= 11 is 0. The summed E-state index contributed by atoms with van der Waals surface area (Å²) in [5.41, 5.74) is 0.643. The molecule has 2 atom stereocenters. The molecule has 0 bridgehead atoms. The van der Waals surface area contributed by atoms with Crippen LogP contribution in [0.2, 0.25) is 0 Å². The fourth-order valence-electron chi connectivity index (χ4n) is 7.49. The van der Waals surface area contributed by atoms with E-state index >= 15 is 4.39 Å². The van der Waals surface area contributed by atoms with Crippen molar-refractivity contribution < 1.29 is 27.6 Å². The van der Waals surface area contributed by atoms with Crippen molar-refractivity contribution in [1.29, 1.82) is 0 Å². The van der Waals surface area contributed by atoms with Crippen LogP contribution in [0.15, 0.2) is 30.5 Å². The maximum Gasteiger partial charge on any atom is 0.282 e. The third-order valence-corrected chi connectivity index (χ3v) is 9.87. The van der Waals surface area contributed by atoms with Gasteiger partial charge in [-0.2, -0.15) is 5.10 Å². The molecule has 2 saturated carbocycles. The van der Waals surface area contributed by atoms with Crippen LogP contribution in [0.4, 0.5) is 18.9 Å². The Labute approximate surface area is 257 Å². The lowest BCUT2D eigenvalue weighted by Crippen LogP contribution is -2.59. The van der Waals surface area contributed by atoms with Gasteiger partial charge >= 0.3 is 0 Å². The Balaban J connectivity index is 1.39. The third-order valence-electron chi connectivity index (χ3n) is 9.87. The summed E-state index contributed by atoms with van der Waals surface area (Å²) in [4.78, 5) is 41.4. The molecule has 3 aliphatic rings. The molecule has 8 nitrogen and oxygen atoms in total. The van der Waals surface area contributed by atoms with Crippen molar-refractivity contribution in [2.24, 2.45) is 17.8 Å². The quantitative estimate of drug-likeness (QED) is 0.336. The Hall–Kier alpha value is -3.37. The number of anilines is 1. The molecule has 1 aromatic carbocycles. The van der Waals surface area contributed by atoms with Crippen molar-refractivity contribution >= 4 is 23.4 Å². The monoisotopic (exact) mass is 615 g/mol. The summed E-state index contributed by atoms with van der Waals surface area (Å²) in [5.74, 6) is -5.34. The van der Waals surface area contributed by atoms with Gasteiger partial charge in [-0.3, -0.25) is 19.1 Å². The number of aromatic nitrogens is 2. The van der Waals surface area contributed by atoms with E-state index in [1.54, 1.807) is 23.9 Å². The van der Waals surface area contributed by atoms with E-state index in [0.29, 0.717) is 17.8 Å². The second-order valence-electron chi connectivity index (χ2n) is 12.9. The van der Waals surface area contributed by atoms with Crippen LogP contribution in [0.3, 0.4) is 0 Å². The maximum absolute atomic E-state index is 15.5. The molecule has 44 heavy (non-hydrogen) atoms. The van der Waals surface area contributed by atoms with E-state index in [1.165, 1.54) is 18.2 Å². The van der Waals surface area contributed by atoms with E-state index < -0.39 is 48.6 Å². The van der Waals surface area contributed by atoms with Crippen molar-refractivity contribution in [1.82, 2.24) is 20.0 Å². The molecule has 5 rings (SSSR count). The molecule has 3 amide bonds. The largest absolute Gasteiger partial charge is 0.339 e. The van der Waals surface area contributed by atoms with Gasteiger partial charge in [0.25, 0.3) is 11.8 Å². The van der Waals surface area contributed by atoms with Crippen molar-refractivity contribution in [3.8, 4) is 0 Å². The summed E-state index contributed by atoms with van der Waals surface area (Å²) in [5, 5.41) is 10.0. The zero-order chi connectivity index (χ0) is 31.4. The molecule has 3 fully saturated rings. The van der Waals surface area contributed by atoms with Gasteiger partial charge < -0.3 is 15.5 Å². The van der Waals surface area contributed by atoms with Gasteiger partial charge in [-0.05, 0) is 55.4 Å². The van der Waals surface area contributed by atoms with E-state index in [-0.39, 0.29) is 29.3 Å². The average Bonchev–Trinajstić information content (AvgIpc) is 3.50. The fourth-order valence-corrected chi connectivity index (χ4v) is 7.49. The lowest BCUT2D eigenvalue weighted by atomic mass is 9.66. The number of alkyl halides is 2. The van der Waals surface area contributed by atoms with E-state index in [9.17, 15) is 23.2 Å². The Morgan fingerprint density at radius 2 is 1.59 bits per heavy atom. The van der Waals surface area contributed by atoms with Gasteiger partial charge in [-0.25, -0.2) is 13.2 Å². The van der Waals surface area contributed by atoms with Gasteiger partial charge in [0.05, 0.1) is 24.7 Å². The molecular weight excluding hydrogens is 571 g/mol. The van der Waals surface area contributed by atoms with Crippen LogP contribution >= 0.6 is 0 Å². The zero-order valence-corrected chi connectivity index (χ0v) is 25.7. The Morgan fingerprint density at radius 1 is 0.977 bits per heavy atom. The van der Waals surface area contributed by atoms with Gasteiger partial charge in [0.2, 0.25) is 11.8 Å². The summed E-state index contributed by atoms with van der Waals surface area (Å²) in [6.45, 7) is 2.67. The van der Waals surface area contributed by atoms with Crippen molar-refractivity contribution in [3.63, 3.8) is 0 Å². The first-order valence-corrected chi connectivity index (χ1v) is 16.2. The van der Waals surface area contributed by atoms with Crippen LogP contribution in [0.25, 0.3) is 0 Å². The van der Waals surface area contributed by atoms with Crippen LogP contribution < -0.4 is 10.6 Å². The number of hydrogen-bond donors (Lipinski definition) is 2. The second kappa shape index (κ2) is 13.7. The molecular formula is C33H44F3N5O3. The summed E-state index contributed by atoms with van der Waals surface area (Å²) in [7, 11) is 0. The van der Waals surface area contributed by atoms with Crippen LogP contribution in [-0.4, -0.2) is 57.5 Å². The summed E-state index contributed by atoms with van der Waals surface area (Å²) in [6, 6.07) is 4.86. The van der Waals surface area contributed by atoms with E-state index in [0.717, 1.165) is 69.1 Å². The first-order valence-electron chi connectivity index (χ1n) is 16.2. The highest BCUT2D eigenvalue weighted by Crippen LogP contribution is 2.42. The Bertz CT molecular complexity index is 1310. The number of hydrogen-bond acceptors (Lipinski definition) is 4. The minimum absolute atomic E-state index is 0.0576. The molecule has 0 radical (unpaired) electrons. The number of nitrogens with zero attached hydrogens (tertiary/aromatic N) is 3. The molecule has 1 aliphatic heterocycles. The first-order chi connectivity index (χ1) is 21.1. The molecule has 0 spiro atoms. The number of carbonyl (C=O) groups excluding carboxylic acids is 3. The van der Waals surface area contributed by atoms with Gasteiger partial charge in [0.15, 0.2) is 0 Å². The number of rotatable bonds is 10. The average molecular weight is 616 g/mol. The minimum atomic E-state index is -2.88. The lowest BCUT2D eigenvalue weighted by molar-refractivity contribution is -0.166. The summed E-state index contributed by atoms with van der Waals surface area (Å²) in [6.07, 6.45) is 12.2. The first kappa shape index (κ1) is 32.0. The minimum Gasteiger partial charge on any atom is -0.339 e. The highest BCUT2D eigenvalue weighted by molar-refractivity contribution is 6.01. The summed E-state index contributed by atoms with van der Waals surface area (Å²) < 4.78 is 43.6. The molecule has 2 heterocycles. The highest BCUT2D eigenvalue weighted by Gasteiger charge is 2.47. The number of carbonyl (C=O) groups is 3. The van der Waals surface area contributed by atoms with Gasteiger partial charge in [-0.1, -0.05) is 70.3 Å².